The molecule has 7 nitrogen and oxygen atoms in total. The number of aliphatic hydroxyl groups excluding tert-OH is 1. The molecule has 5 rings (SSSR count). The van der Waals surface area contributed by atoms with Gasteiger partial charge in [-0.2, -0.15) is 13.2 Å². The quantitative estimate of drug-likeness (QED) is 0.541. The molecule has 2 aromatic rings. The number of hydrogen-bond donors (Lipinski definition) is 3. The van der Waals surface area contributed by atoms with Crippen LogP contribution in [0.1, 0.15) is 35.3 Å². The monoisotopic (exact) mass is 515 g/mol. The molecule has 34 heavy (non-hydrogen) atoms. The Balaban J connectivity index is 1.33. The van der Waals surface area contributed by atoms with Crippen LogP contribution >= 0.6 is 23.2 Å². The van der Waals surface area contributed by atoms with Gasteiger partial charge in [0.15, 0.2) is 6.61 Å². The standard InChI is InChI=1S/C22H18Cl2F3N3O4/c23-14-3-2-13(5-15(14)24)34-10-18(32)29-19-11-6-21(7-11,8-17(19)31)30-20(33)16-4-1-12(9-28-16)22(25,26)27/h1-5,9,17,31H,6-8,10H2,(H,29,32)(H,30,33)/t17-/m0/s1. The molecule has 3 N–H and O–H groups in total. The average Bonchev–Trinajstić information content (AvgIpc) is 2.75. The molecule has 1 atom stereocenters. The van der Waals surface area contributed by atoms with E-state index in [0.717, 1.165) is 17.7 Å². The first-order valence-corrected chi connectivity index (χ1v) is 10.8. The van der Waals surface area contributed by atoms with E-state index >= 15 is 0 Å². The first kappa shape index (κ1) is 24.3. The number of carbonyl (C=O) groups is 2. The van der Waals surface area contributed by atoms with Gasteiger partial charge in [-0.15, -0.1) is 0 Å². The summed E-state index contributed by atoms with van der Waals surface area (Å²) in [6.07, 6.45) is -4.07. The van der Waals surface area contributed by atoms with Crippen molar-refractivity contribution in [2.45, 2.75) is 37.1 Å². The molecule has 180 valence electrons. The number of benzene rings is 1. The molecule has 0 unspecified atom stereocenters. The maximum atomic E-state index is 12.7. The summed E-state index contributed by atoms with van der Waals surface area (Å²) in [6.45, 7) is -0.317. The molecule has 1 saturated carbocycles. The number of amides is 2. The third-order valence-corrected chi connectivity index (χ3v) is 6.38. The van der Waals surface area contributed by atoms with Crippen LogP contribution in [0.5, 0.6) is 5.75 Å². The van der Waals surface area contributed by atoms with E-state index in [-0.39, 0.29) is 23.7 Å². The highest BCUT2D eigenvalue weighted by Gasteiger charge is 2.50. The number of hydrogen-bond acceptors (Lipinski definition) is 5. The number of nitrogens with one attached hydrogen (secondary N) is 2. The molecular formula is C22H18Cl2F3N3O4. The molecule has 3 aliphatic carbocycles. The largest absolute Gasteiger partial charge is 0.484 e. The van der Waals surface area contributed by atoms with Gasteiger partial charge in [0.1, 0.15) is 11.4 Å². The summed E-state index contributed by atoms with van der Waals surface area (Å²) in [4.78, 5) is 28.4. The van der Waals surface area contributed by atoms with E-state index < -0.39 is 35.2 Å². The van der Waals surface area contributed by atoms with Gasteiger partial charge in [0.25, 0.3) is 11.8 Å². The number of pyridine rings is 1. The van der Waals surface area contributed by atoms with E-state index in [0.29, 0.717) is 35.5 Å². The molecule has 0 aliphatic heterocycles. The lowest BCUT2D eigenvalue weighted by Crippen LogP contribution is -2.61. The summed E-state index contributed by atoms with van der Waals surface area (Å²) in [6, 6.07) is 6.36. The predicted octanol–water partition coefficient (Wildman–Crippen LogP) is 3.88. The molecule has 1 aromatic heterocycles. The number of alkyl halides is 3. The Kier molecular flexibility index (Phi) is 6.50. The fourth-order valence-corrected chi connectivity index (χ4v) is 4.31. The fourth-order valence-electron chi connectivity index (χ4n) is 4.02. The molecule has 12 heteroatoms. The lowest BCUT2D eigenvalue weighted by Gasteiger charge is -2.51. The maximum Gasteiger partial charge on any atom is 0.417 e. The first-order chi connectivity index (χ1) is 16.0. The number of fused-ring (bicyclic) bond motifs is 2. The van der Waals surface area contributed by atoms with E-state index in [2.05, 4.69) is 15.6 Å². The third kappa shape index (κ3) is 5.13. The van der Waals surface area contributed by atoms with Crippen LogP contribution in [0.2, 0.25) is 10.0 Å². The van der Waals surface area contributed by atoms with Crippen molar-refractivity contribution >= 4 is 35.0 Å². The third-order valence-electron chi connectivity index (χ3n) is 5.64. The molecular weight excluding hydrogens is 498 g/mol. The van der Waals surface area contributed by atoms with Crippen molar-refractivity contribution in [3.63, 3.8) is 0 Å². The second-order valence-corrected chi connectivity index (χ2v) is 8.98. The second kappa shape index (κ2) is 9.09. The second-order valence-electron chi connectivity index (χ2n) is 8.17. The topological polar surface area (TPSA) is 101 Å². The van der Waals surface area contributed by atoms with Crippen molar-refractivity contribution in [1.29, 1.82) is 0 Å². The molecule has 0 radical (unpaired) electrons. The molecule has 1 fully saturated rings. The molecule has 2 amide bonds. The van der Waals surface area contributed by atoms with Crippen LogP contribution < -0.4 is 15.4 Å². The molecule has 2 bridgehead atoms. The molecule has 1 heterocycles. The van der Waals surface area contributed by atoms with Gasteiger partial charge < -0.3 is 20.5 Å². The fraction of sp³-hybridized carbons (Fsp3) is 0.318. The number of halogens is 5. The van der Waals surface area contributed by atoms with Crippen LogP contribution in [0.4, 0.5) is 13.2 Å². The van der Waals surface area contributed by atoms with Gasteiger partial charge in [-0.1, -0.05) is 23.2 Å². The average molecular weight is 516 g/mol. The van der Waals surface area contributed by atoms with Crippen molar-refractivity contribution in [2.75, 3.05) is 6.61 Å². The summed E-state index contributed by atoms with van der Waals surface area (Å²) < 4.78 is 43.4. The smallest absolute Gasteiger partial charge is 0.417 e. The van der Waals surface area contributed by atoms with Crippen LogP contribution in [0.25, 0.3) is 0 Å². The van der Waals surface area contributed by atoms with Crippen molar-refractivity contribution in [2.24, 2.45) is 0 Å². The number of aromatic nitrogens is 1. The van der Waals surface area contributed by atoms with Gasteiger partial charge in [-0.25, -0.2) is 0 Å². The van der Waals surface area contributed by atoms with Gasteiger partial charge in [0.2, 0.25) is 0 Å². The lowest BCUT2D eigenvalue weighted by atomic mass is 9.63. The van der Waals surface area contributed by atoms with Crippen molar-refractivity contribution < 1.29 is 32.6 Å². The van der Waals surface area contributed by atoms with E-state index in [1.807, 2.05) is 0 Å². The molecule has 0 saturated heterocycles. The van der Waals surface area contributed by atoms with Crippen LogP contribution in [0, 0.1) is 0 Å². The summed E-state index contributed by atoms with van der Waals surface area (Å²) in [5.74, 6) is -0.763. The molecule has 1 aromatic carbocycles. The van der Waals surface area contributed by atoms with E-state index in [4.69, 9.17) is 27.9 Å². The van der Waals surface area contributed by atoms with E-state index in [1.165, 1.54) is 12.1 Å². The lowest BCUT2D eigenvalue weighted by molar-refractivity contribution is -0.137. The summed E-state index contributed by atoms with van der Waals surface area (Å²) >= 11 is 11.7. The zero-order valence-electron chi connectivity index (χ0n) is 17.4. The number of ether oxygens (including phenoxy) is 1. The predicted molar refractivity (Wildman–Crippen MR) is 116 cm³/mol. The Bertz CT molecular complexity index is 1160. The van der Waals surface area contributed by atoms with Gasteiger partial charge in [-0.05, 0) is 42.7 Å². The Morgan fingerprint density at radius 2 is 1.91 bits per heavy atom. The Labute approximate surface area is 201 Å². The van der Waals surface area contributed by atoms with Gasteiger partial charge in [0.05, 0.1) is 27.3 Å². The van der Waals surface area contributed by atoms with Crippen LogP contribution in [0.3, 0.4) is 0 Å². The van der Waals surface area contributed by atoms with Gasteiger partial charge >= 0.3 is 6.18 Å². The molecule has 0 spiro atoms. The van der Waals surface area contributed by atoms with Crippen LogP contribution in [0.15, 0.2) is 47.8 Å². The van der Waals surface area contributed by atoms with E-state index in [9.17, 15) is 27.9 Å². The Morgan fingerprint density at radius 3 is 2.50 bits per heavy atom. The van der Waals surface area contributed by atoms with Crippen LogP contribution in [-0.4, -0.2) is 40.2 Å². The minimum Gasteiger partial charge on any atom is -0.484 e. The van der Waals surface area contributed by atoms with Crippen LogP contribution in [-0.2, 0) is 11.0 Å². The number of nitrogens with zero attached hydrogens (tertiary/aromatic N) is 1. The minimum absolute atomic E-state index is 0.131. The number of aliphatic hydroxyl groups is 1. The summed E-state index contributed by atoms with van der Waals surface area (Å²) in [7, 11) is 0. The Hall–Kier alpha value is -2.82. The van der Waals surface area contributed by atoms with Crippen molar-refractivity contribution in [1.82, 2.24) is 15.6 Å². The first-order valence-electron chi connectivity index (χ1n) is 10.1. The zero-order chi connectivity index (χ0) is 24.7. The highest BCUT2D eigenvalue weighted by molar-refractivity contribution is 6.42. The zero-order valence-corrected chi connectivity index (χ0v) is 18.9. The van der Waals surface area contributed by atoms with Gasteiger partial charge in [0, 0.05) is 24.4 Å². The van der Waals surface area contributed by atoms with E-state index in [1.54, 1.807) is 6.07 Å². The number of rotatable bonds is 6. The normalized spacial score (nSPS) is 21.5. The SMILES string of the molecule is O=C(COc1ccc(Cl)c(Cl)c1)NC1=C2CC(NC(=O)c3ccc(C(F)(F)F)cn3)(C2)C[C@@H]1O. The van der Waals surface area contributed by atoms with Crippen molar-refractivity contribution in [3.05, 3.63) is 69.1 Å². The Morgan fingerprint density at radius 1 is 1.18 bits per heavy atom. The summed E-state index contributed by atoms with van der Waals surface area (Å²) in [5.41, 5.74) is -0.726. The van der Waals surface area contributed by atoms with Gasteiger partial charge in [-0.3, -0.25) is 14.6 Å². The minimum atomic E-state index is -4.55. The maximum absolute atomic E-state index is 12.7. The highest BCUT2D eigenvalue weighted by atomic mass is 35.5. The highest BCUT2D eigenvalue weighted by Crippen LogP contribution is 2.48. The number of carbonyl (C=O) groups excluding carboxylic acids is 2. The molecule has 3 aliphatic rings. The summed E-state index contributed by atoms with van der Waals surface area (Å²) in [5, 5.41) is 16.6. The van der Waals surface area contributed by atoms with Crippen molar-refractivity contribution in [3.8, 4) is 5.75 Å².